The molecule has 0 aliphatic rings. The first-order valence-corrected chi connectivity index (χ1v) is 15.5. The molecule has 2 atom stereocenters. The maximum absolute atomic E-state index is 14.1. The Kier molecular flexibility index (Phi) is 11.5. The van der Waals surface area contributed by atoms with Crippen molar-refractivity contribution in [1.29, 1.82) is 0 Å². The molecule has 0 heterocycles. The van der Waals surface area contributed by atoms with Crippen LogP contribution < -0.4 is 14.4 Å². The van der Waals surface area contributed by atoms with Crippen LogP contribution >= 0.6 is 23.2 Å². The third-order valence-electron chi connectivity index (χ3n) is 6.69. The van der Waals surface area contributed by atoms with Gasteiger partial charge in [0.05, 0.1) is 22.7 Å². The zero-order chi connectivity index (χ0) is 30.2. The van der Waals surface area contributed by atoms with E-state index in [0.29, 0.717) is 18.6 Å². The van der Waals surface area contributed by atoms with Gasteiger partial charge in [0.25, 0.3) is 10.0 Å². The molecule has 3 aromatic rings. The van der Waals surface area contributed by atoms with Crippen LogP contribution in [0.1, 0.15) is 39.2 Å². The minimum Gasteiger partial charge on any atom is -0.497 e. The molecule has 0 unspecified atom stereocenters. The zero-order valence-corrected chi connectivity index (χ0v) is 25.8. The van der Waals surface area contributed by atoms with Gasteiger partial charge in [-0.25, -0.2) is 8.42 Å². The Morgan fingerprint density at radius 3 is 2.20 bits per heavy atom. The first kappa shape index (κ1) is 32.2. The Balaban J connectivity index is 2.08. The molecule has 0 aliphatic heterocycles. The molecule has 8 nitrogen and oxygen atoms in total. The van der Waals surface area contributed by atoms with Crippen molar-refractivity contribution in [2.75, 3.05) is 18.0 Å². The number of nitrogens with one attached hydrogen (secondary N) is 1. The predicted molar refractivity (Wildman–Crippen MR) is 163 cm³/mol. The quantitative estimate of drug-likeness (QED) is 0.256. The summed E-state index contributed by atoms with van der Waals surface area (Å²) in [6.45, 7) is 5.10. The molecular weight excluding hydrogens is 585 g/mol. The fourth-order valence-electron chi connectivity index (χ4n) is 4.20. The Labute approximate surface area is 252 Å². The molecule has 3 aromatic carbocycles. The number of sulfonamides is 1. The summed E-state index contributed by atoms with van der Waals surface area (Å²) in [5, 5.41) is 3.31. The van der Waals surface area contributed by atoms with E-state index in [2.05, 4.69) is 5.32 Å². The van der Waals surface area contributed by atoms with Crippen molar-refractivity contribution in [1.82, 2.24) is 10.2 Å². The van der Waals surface area contributed by atoms with Crippen LogP contribution in [0.4, 0.5) is 5.69 Å². The summed E-state index contributed by atoms with van der Waals surface area (Å²) in [5.41, 5.74) is 0.796. The predicted octanol–water partition coefficient (Wildman–Crippen LogP) is 5.92. The van der Waals surface area contributed by atoms with Crippen LogP contribution in [0.2, 0.25) is 10.0 Å². The van der Waals surface area contributed by atoms with E-state index in [9.17, 15) is 18.0 Å². The minimum atomic E-state index is -4.25. The molecule has 0 radical (unpaired) electrons. The second-order valence-corrected chi connectivity index (χ2v) is 12.2. The monoisotopic (exact) mass is 619 g/mol. The third kappa shape index (κ3) is 8.15. The number of nitrogens with zero attached hydrogens (tertiary/aromatic N) is 2. The summed E-state index contributed by atoms with van der Waals surface area (Å²) in [6, 6.07) is 18.3. The average molecular weight is 621 g/mol. The second kappa shape index (κ2) is 14.6. The van der Waals surface area contributed by atoms with Crippen LogP contribution in [0, 0.1) is 0 Å². The van der Waals surface area contributed by atoms with Crippen LogP contribution in [-0.2, 0) is 26.2 Å². The lowest BCUT2D eigenvalue weighted by Gasteiger charge is -2.34. The second-order valence-electron chi connectivity index (χ2n) is 9.53. The number of carbonyl (C=O) groups excluding carboxylic acids is 2. The molecule has 0 spiro atoms. The maximum atomic E-state index is 14.1. The molecule has 0 bridgehead atoms. The van der Waals surface area contributed by atoms with Gasteiger partial charge in [-0.1, -0.05) is 67.4 Å². The van der Waals surface area contributed by atoms with Crippen molar-refractivity contribution in [3.63, 3.8) is 0 Å². The van der Waals surface area contributed by atoms with E-state index in [-0.39, 0.29) is 39.1 Å². The number of halogens is 2. The molecule has 2 amide bonds. The Morgan fingerprint density at radius 2 is 1.61 bits per heavy atom. The standard InChI is InChI=1S/C30H35Cl2N3O5S/c1-5-21(3)33-30(37)27(6-2)34(19-22-12-15-24(40-4)16-13-22)29(36)20-35(28-18-23(31)14-17-26(28)32)41(38,39)25-10-8-7-9-11-25/h7-18,21,27H,5-6,19-20H2,1-4H3,(H,33,37)/t21-,27+/m0/s1. The summed E-state index contributed by atoms with van der Waals surface area (Å²) >= 11 is 12.7. The number of hydrogen-bond donors (Lipinski definition) is 1. The first-order valence-electron chi connectivity index (χ1n) is 13.3. The number of anilines is 1. The number of methoxy groups -OCH3 is 1. The highest BCUT2D eigenvalue weighted by Crippen LogP contribution is 2.33. The van der Waals surface area contributed by atoms with Gasteiger partial charge >= 0.3 is 0 Å². The number of hydrogen-bond acceptors (Lipinski definition) is 5. The Bertz CT molecular complexity index is 1440. The Hall–Kier alpha value is -3.27. The fraction of sp³-hybridized carbons (Fsp3) is 0.333. The molecule has 41 heavy (non-hydrogen) atoms. The number of rotatable bonds is 13. The van der Waals surface area contributed by atoms with E-state index in [1.165, 1.54) is 35.2 Å². The van der Waals surface area contributed by atoms with Gasteiger partial charge in [-0.15, -0.1) is 0 Å². The molecule has 220 valence electrons. The van der Waals surface area contributed by atoms with Crippen LogP contribution in [0.5, 0.6) is 5.75 Å². The lowest BCUT2D eigenvalue weighted by molar-refractivity contribution is -0.140. The first-order chi connectivity index (χ1) is 19.5. The number of amides is 2. The van der Waals surface area contributed by atoms with Gasteiger partial charge in [-0.2, -0.15) is 0 Å². The highest BCUT2D eigenvalue weighted by Gasteiger charge is 2.34. The summed E-state index contributed by atoms with van der Waals surface area (Å²) in [5.74, 6) is -0.256. The van der Waals surface area contributed by atoms with E-state index in [4.69, 9.17) is 27.9 Å². The fourth-order valence-corrected chi connectivity index (χ4v) is 6.08. The summed E-state index contributed by atoms with van der Waals surface area (Å²) in [7, 11) is -2.70. The van der Waals surface area contributed by atoms with E-state index < -0.39 is 28.5 Å². The van der Waals surface area contributed by atoms with Gasteiger partial charge in [0, 0.05) is 17.6 Å². The van der Waals surface area contributed by atoms with Crippen LogP contribution in [0.15, 0.2) is 77.7 Å². The van der Waals surface area contributed by atoms with Gasteiger partial charge in [0.15, 0.2) is 0 Å². The largest absolute Gasteiger partial charge is 0.497 e. The smallest absolute Gasteiger partial charge is 0.264 e. The maximum Gasteiger partial charge on any atom is 0.264 e. The summed E-state index contributed by atoms with van der Waals surface area (Å²) in [4.78, 5) is 28.9. The van der Waals surface area contributed by atoms with Gasteiger partial charge in [-0.05, 0) is 67.8 Å². The Morgan fingerprint density at radius 1 is 0.951 bits per heavy atom. The third-order valence-corrected chi connectivity index (χ3v) is 9.01. The lowest BCUT2D eigenvalue weighted by Crippen LogP contribution is -2.53. The lowest BCUT2D eigenvalue weighted by atomic mass is 10.1. The summed E-state index contributed by atoms with van der Waals surface area (Å²) < 4.78 is 34.0. The molecule has 11 heteroatoms. The number of benzene rings is 3. The van der Waals surface area contributed by atoms with Gasteiger partial charge in [0.2, 0.25) is 11.8 Å². The zero-order valence-electron chi connectivity index (χ0n) is 23.5. The van der Waals surface area contributed by atoms with Crippen molar-refractivity contribution in [3.05, 3.63) is 88.4 Å². The molecule has 3 rings (SSSR count). The van der Waals surface area contributed by atoms with Crippen LogP contribution in [0.3, 0.4) is 0 Å². The van der Waals surface area contributed by atoms with Crippen molar-refractivity contribution < 1.29 is 22.7 Å². The molecule has 0 aliphatic carbocycles. The molecule has 0 saturated carbocycles. The normalized spacial score (nSPS) is 12.7. The SMILES string of the molecule is CC[C@H](C(=O)N[C@@H](C)CC)N(Cc1ccc(OC)cc1)C(=O)CN(c1cc(Cl)ccc1Cl)S(=O)(=O)c1ccccc1. The molecular formula is C30H35Cl2N3O5S. The highest BCUT2D eigenvalue weighted by molar-refractivity contribution is 7.92. The van der Waals surface area contributed by atoms with Gasteiger partial charge in [0.1, 0.15) is 18.3 Å². The van der Waals surface area contributed by atoms with Gasteiger partial charge in [-0.3, -0.25) is 13.9 Å². The van der Waals surface area contributed by atoms with E-state index in [0.717, 1.165) is 9.87 Å². The van der Waals surface area contributed by atoms with Crippen molar-refractivity contribution in [3.8, 4) is 5.75 Å². The van der Waals surface area contributed by atoms with E-state index in [1.54, 1.807) is 49.6 Å². The highest BCUT2D eigenvalue weighted by atomic mass is 35.5. The number of carbonyl (C=O) groups is 2. The molecule has 0 fully saturated rings. The molecule has 0 aromatic heterocycles. The van der Waals surface area contributed by atoms with E-state index in [1.807, 2.05) is 20.8 Å². The molecule has 0 saturated heterocycles. The van der Waals surface area contributed by atoms with Crippen LogP contribution in [0.25, 0.3) is 0 Å². The van der Waals surface area contributed by atoms with Crippen LogP contribution in [-0.4, -0.2) is 50.9 Å². The van der Waals surface area contributed by atoms with E-state index >= 15 is 0 Å². The number of ether oxygens (including phenoxy) is 1. The van der Waals surface area contributed by atoms with Crippen molar-refractivity contribution in [2.24, 2.45) is 0 Å². The minimum absolute atomic E-state index is 0.0212. The van der Waals surface area contributed by atoms with Crippen molar-refractivity contribution >= 4 is 50.7 Å². The summed E-state index contributed by atoms with van der Waals surface area (Å²) in [6.07, 6.45) is 1.03. The van der Waals surface area contributed by atoms with Crippen molar-refractivity contribution in [2.45, 2.75) is 57.1 Å². The molecule has 1 N–H and O–H groups in total. The average Bonchev–Trinajstić information content (AvgIpc) is 2.97. The topological polar surface area (TPSA) is 96.0 Å². The van der Waals surface area contributed by atoms with Gasteiger partial charge < -0.3 is 15.0 Å².